The fraction of sp³-hybridized carbons (Fsp3) is 0.700. The molecule has 5 heteroatoms. The molecule has 0 saturated carbocycles. The van der Waals surface area contributed by atoms with Gasteiger partial charge in [-0.3, -0.25) is 4.90 Å². The topological polar surface area (TPSA) is 42.1 Å². The maximum atomic E-state index is 5.93. The fourth-order valence-corrected chi connectivity index (χ4v) is 2.71. The van der Waals surface area contributed by atoms with Crippen molar-refractivity contribution in [2.75, 3.05) is 13.1 Å². The summed E-state index contributed by atoms with van der Waals surface area (Å²) in [6, 6.07) is 0.366. The third kappa shape index (κ3) is 3.72. The number of thiazole rings is 1. The van der Waals surface area contributed by atoms with Gasteiger partial charge < -0.3 is 5.73 Å². The van der Waals surface area contributed by atoms with Crippen LogP contribution < -0.4 is 5.73 Å². The molecule has 1 aromatic rings. The summed E-state index contributed by atoms with van der Waals surface area (Å²) >= 11 is 1.75. The third-order valence-electron chi connectivity index (χ3n) is 2.57. The molecule has 1 aliphatic rings. The molecular formula is C10H18ClN3S. The minimum Gasteiger partial charge on any atom is -0.327 e. The quantitative estimate of drug-likeness (QED) is 0.867. The van der Waals surface area contributed by atoms with Gasteiger partial charge in [-0.2, -0.15) is 0 Å². The molecule has 0 radical (unpaired) electrons. The van der Waals surface area contributed by atoms with E-state index in [9.17, 15) is 0 Å². The highest BCUT2D eigenvalue weighted by Crippen LogP contribution is 2.15. The molecule has 0 aromatic carbocycles. The van der Waals surface area contributed by atoms with Gasteiger partial charge in [-0.15, -0.1) is 23.7 Å². The van der Waals surface area contributed by atoms with Crippen molar-refractivity contribution in [3.8, 4) is 0 Å². The standard InChI is InChI=1S/C10H17N3S.ClH/c1-8-7-14-10(12-8)6-13-4-2-3-9(11)5-13;/h7,9H,2-6,11H2,1H3;1H. The Morgan fingerprint density at radius 1 is 1.67 bits per heavy atom. The van der Waals surface area contributed by atoms with Crippen LogP contribution in [0.1, 0.15) is 23.5 Å². The molecule has 1 aliphatic heterocycles. The molecule has 0 aliphatic carbocycles. The number of rotatable bonds is 2. The Morgan fingerprint density at radius 2 is 2.47 bits per heavy atom. The number of piperidine rings is 1. The van der Waals surface area contributed by atoms with E-state index in [-0.39, 0.29) is 12.4 Å². The van der Waals surface area contributed by atoms with Crippen molar-refractivity contribution in [1.82, 2.24) is 9.88 Å². The number of likely N-dealkylation sites (tertiary alicyclic amines) is 1. The van der Waals surface area contributed by atoms with Gasteiger partial charge in [-0.1, -0.05) is 0 Å². The first kappa shape index (κ1) is 12.9. The molecule has 0 amide bonds. The molecule has 1 saturated heterocycles. The highest BCUT2D eigenvalue weighted by atomic mass is 35.5. The minimum atomic E-state index is 0. The lowest BCUT2D eigenvalue weighted by molar-refractivity contribution is 0.201. The molecule has 0 bridgehead atoms. The zero-order valence-corrected chi connectivity index (χ0v) is 10.6. The average molecular weight is 248 g/mol. The van der Waals surface area contributed by atoms with E-state index in [1.165, 1.54) is 24.4 Å². The zero-order valence-electron chi connectivity index (χ0n) is 8.98. The molecule has 2 rings (SSSR count). The lowest BCUT2D eigenvalue weighted by Gasteiger charge is -2.29. The number of aryl methyl sites for hydroxylation is 1. The molecule has 3 nitrogen and oxygen atoms in total. The van der Waals surface area contributed by atoms with Crippen molar-refractivity contribution < 1.29 is 0 Å². The molecule has 1 atom stereocenters. The summed E-state index contributed by atoms with van der Waals surface area (Å²) in [5, 5.41) is 3.33. The number of halogens is 1. The van der Waals surface area contributed by atoms with E-state index in [0.717, 1.165) is 18.8 Å². The van der Waals surface area contributed by atoms with Crippen LogP contribution in [0.4, 0.5) is 0 Å². The Labute approximate surface area is 101 Å². The number of hydrogen-bond donors (Lipinski definition) is 1. The van der Waals surface area contributed by atoms with Gasteiger partial charge in [0.15, 0.2) is 0 Å². The van der Waals surface area contributed by atoms with E-state index in [1.54, 1.807) is 11.3 Å². The molecule has 1 unspecified atom stereocenters. The van der Waals surface area contributed by atoms with E-state index in [4.69, 9.17) is 5.73 Å². The first-order valence-electron chi connectivity index (χ1n) is 5.13. The SMILES string of the molecule is Cc1csc(CN2CCCC(N)C2)n1.Cl. The van der Waals surface area contributed by atoms with Gasteiger partial charge in [0.25, 0.3) is 0 Å². The number of nitrogens with zero attached hydrogens (tertiary/aromatic N) is 2. The Balaban J connectivity index is 0.00000112. The van der Waals surface area contributed by atoms with Crippen LogP contribution in [-0.4, -0.2) is 29.0 Å². The van der Waals surface area contributed by atoms with Gasteiger partial charge in [0, 0.05) is 23.7 Å². The number of hydrogen-bond acceptors (Lipinski definition) is 4. The lowest BCUT2D eigenvalue weighted by Crippen LogP contribution is -2.42. The smallest absolute Gasteiger partial charge is 0.107 e. The Hall–Kier alpha value is -0.160. The molecule has 0 spiro atoms. The van der Waals surface area contributed by atoms with E-state index in [1.807, 2.05) is 6.92 Å². The third-order valence-corrected chi connectivity index (χ3v) is 3.52. The Kier molecular flexibility index (Phi) is 4.99. The van der Waals surface area contributed by atoms with Crippen molar-refractivity contribution in [2.24, 2.45) is 5.73 Å². The maximum Gasteiger partial charge on any atom is 0.107 e. The first-order valence-corrected chi connectivity index (χ1v) is 6.01. The zero-order chi connectivity index (χ0) is 9.97. The minimum absolute atomic E-state index is 0. The van der Waals surface area contributed by atoms with Gasteiger partial charge in [0.05, 0.1) is 6.54 Å². The van der Waals surface area contributed by atoms with Crippen molar-refractivity contribution in [3.63, 3.8) is 0 Å². The predicted octanol–water partition coefficient (Wildman–Crippen LogP) is 1.80. The summed E-state index contributed by atoms with van der Waals surface area (Å²) in [6.07, 6.45) is 2.40. The van der Waals surface area contributed by atoms with Crippen LogP contribution >= 0.6 is 23.7 Å². The van der Waals surface area contributed by atoms with Crippen molar-refractivity contribution >= 4 is 23.7 Å². The second-order valence-electron chi connectivity index (χ2n) is 4.02. The largest absolute Gasteiger partial charge is 0.327 e. The molecule has 2 N–H and O–H groups in total. The molecule has 2 heterocycles. The summed E-state index contributed by atoms with van der Waals surface area (Å²) in [6.45, 7) is 5.22. The summed E-state index contributed by atoms with van der Waals surface area (Å²) in [5.41, 5.74) is 7.06. The second-order valence-corrected chi connectivity index (χ2v) is 4.96. The molecule has 1 fully saturated rings. The van der Waals surface area contributed by atoms with Gasteiger partial charge in [0.2, 0.25) is 0 Å². The van der Waals surface area contributed by atoms with Crippen LogP contribution in [-0.2, 0) is 6.54 Å². The van der Waals surface area contributed by atoms with Gasteiger partial charge in [0.1, 0.15) is 5.01 Å². The molecule has 1 aromatic heterocycles. The van der Waals surface area contributed by atoms with Crippen molar-refractivity contribution in [1.29, 1.82) is 0 Å². The van der Waals surface area contributed by atoms with Crippen molar-refractivity contribution in [2.45, 2.75) is 32.4 Å². The van der Waals surface area contributed by atoms with Crippen LogP contribution in [0.2, 0.25) is 0 Å². The first-order chi connectivity index (χ1) is 6.74. The van der Waals surface area contributed by atoms with Gasteiger partial charge in [-0.25, -0.2) is 4.98 Å². The van der Waals surface area contributed by atoms with E-state index >= 15 is 0 Å². The van der Waals surface area contributed by atoms with E-state index < -0.39 is 0 Å². The maximum absolute atomic E-state index is 5.93. The normalized spacial score (nSPS) is 22.4. The van der Waals surface area contributed by atoms with Crippen LogP contribution in [0.15, 0.2) is 5.38 Å². The average Bonchev–Trinajstić information content (AvgIpc) is 2.51. The predicted molar refractivity (Wildman–Crippen MR) is 66.6 cm³/mol. The number of nitrogens with two attached hydrogens (primary N) is 1. The van der Waals surface area contributed by atoms with Crippen LogP contribution in [0, 0.1) is 6.92 Å². The second kappa shape index (κ2) is 5.80. The molecule has 86 valence electrons. The Bertz CT molecular complexity index is 303. The van der Waals surface area contributed by atoms with Crippen LogP contribution in [0.5, 0.6) is 0 Å². The lowest BCUT2D eigenvalue weighted by atomic mass is 10.1. The van der Waals surface area contributed by atoms with E-state index in [2.05, 4.69) is 15.3 Å². The van der Waals surface area contributed by atoms with Crippen LogP contribution in [0.25, 0.3) is 0 Å². The van der Waals surface area contributed by atoms with Crippen LogP contribution in [0.3, 0.4) is 0 Å². The van der Waals surface area contributed by atoms with E-state index in [0.29, 0.717) is 6.04 Å². The summed E-state index contributed by atoms with van der Waals surface area (Å²) < 4.78 is 0. The van der Waals surface area contributed by atoms with Crippen molar-refractivity contribution in [3.05, 3.63) is 16.1 Å². The fourth-order valence-electron chi connectivity index (χ4n) is 1.90. The summed E-state index contributed by atoms with van der Waals surface area (Å²) in [4.78, 5) is 6.88. The van der Waals surface area contributed by atoms with Gasteiger partial charge in [-0.05, 0) is 26.3 Å². The summed E-state index contributed by atoms with van der Waals surface area (Å²) in [5.74, 6) is 0. The summed E-state index contributed by atoms with van der Waals surface area (Å²) in [7, 11) is 0. The van der Waals surface area contributed by atoms with Gasteiger partial charge >= 0.3 is 0 Å². The monoisotopic (exact) mass is 247 g/mol. The highest BCUT2D eigenvalue weighted by Gasteiger charge is 2.17. The molecular weight excluding hydrogens is 230 g/mol. The molecule has 15 heavy (non-hydrogen) atoms. The Morgan fingerprint density at radius 3 is 3.07 bits per heavy atom. The number of aromatic nitrogens is 1. The highest BCUT2D eigenvalue weighted by molar-refractivity contribution is 7.09.